The monoisotopic (exact) mass is 469 g/mol. The third-order valence-electron chi connectivity index (χ3n) is 5.64. The van der Waals surface area contributed by atoms with Gasteiger partial charge in [0.05, 0.1) is 12.7 Å². The number of esters is 1. The number of ether oxygens (including phenoxy) is 3. The predicted octanol–water partition coefficient (Wildman–Crippen LogP) is 2.80. The van der Waals surface area contributed by atoms with E-state index in [1.165, 1.54) is 4.31 Å². The van der Waals surface area contributed by atoms with Crippen LogP contribution in [0.15, 0.2) is 23.1 Å². The molecular formula is C23H35NO7S. The maximum Gasteiger partial charge on any atom is 0.324 e. The van der Waals surface area contributed by atoms with Gasteiger partial charge in [-0.15, -0.1) is 0 Å². The highest BCUT2D eigenvalue weighted by atomic mass is 32.2. The first kappa shape index (κ1) is 25.0. The fraction of sp³-hybridized carbons (Fsp3) is 0.696. The van der Waals surface area contributed by atoms with E-state index in [2.05, 4.69) is 0 Å². The van der Waals surface area contributed by atoms with Crippen LogP contribution in [0, 0.1) is 6.92 Å². The minimum atomic E-state index is -3.99. The molecule has 180 valence electrons. The van der Waals surface area contributed by atoms with Crippen LogP contribution in [-0.2, 0) is 24.3 Å². The highest BCUT2D eigenvalue weighted by Crippen LogP contribution is 2.35. The molecule has 0 saturated carbocycles. The fourth-order valence-corrected chi connectivity index (χ4v) is 5.92. The van der Waals surface area contributed by atoms with E-state index in [9.17, 15) is 13.2 Å². The predicted molar refractivity (Wildman–Crippen MR) is 119 cm³/mol. The summed E-state index contributed by atoms with van der Waals surface area (Å²) in [5.74, 6) is -0.259. The first-order chi connectivity index (χ1) is 15.0. The van der Waals surface area contributed by atoms with Crippen LogP contribution in [0.1, 0.15) is 58.4 Å². The van der Waals surface area contributed by atoms with E-state index in [4.69, 9.17) is 19.3 Å². The molecule has 8 nitrogen and oxygen atoms in total. The molecule has 2 aliphatic heterocycles. The molecule has 1 N–H and O–H groups in total. The molecule has 0 amide bonds. The quantitative estimate of drug-likeness (QED) is 0.584. The minimum Gasteiger partial charge on any atom is -0.486 e. The van der Waals surface area contributed by atoms with Crippen LogP contribution in [0.4, 0.5) is 0 Å². The van der Waals surface area contributed by atoms with Gasteiger partial charge in [0, 0.05) is 19.6 Å². The van der Waals surface area contributed by atoms with E-state index in [1.54, 1.807) is 39.0 Å². The summed E-state index contributed by atoms with van der Waals surface area (Å²) in [5, 5.41) is 9.13. The zero-order chi connectivity index (χ0) is 23.5. The number of benzene rings is 1. The van der Waals surface area contributed by atoms with E-state index in [0.717, 1.165) is 5.56 Å². The van der Waals surface area contributed by atoms with Gasteiger partial charge in [-0.1, -0.05) is 6.07 Å². The molecule has 2 heterocycles. The molecule has 9 heteroatoms. The van der Waals surface area contributed by atoms with Gasteiger partial charge in [0.25, 0.3) is 0 Å². The van der Waals surface area contributed by atoms with Crippen molar-refractivity contribution in [3.63, 3.8) is 0 Å². The largest absolute Gasteiger partial charge is 0.486 e. The average molecular weight is 470 g/mol. The lowest BCUT2D eigenvalue weighted by Crippen LogP contribution is -2.43. The zero-order valence-corrected chi connectivity index (χ0v) is 20.2. The number of rotatable bonds is 8. The summed E-state index contributed by atoms with van der Waals surface area (Å²) in [6.07, 6.45) is 2.41. The Morgan fingerprint density at radius 2 is 2.03 bits per heavy atom. The number of aliphatic hydroxyl groups is 1. The smallest absolute Gasteiger partial charge is 0.324 e. The Kier molecular flexibility index (Phi) is 7.85. The van der Waals surface area contributed by atoms with Crippen molar-refractivity contribution in [2.75, 3.05) is 19.8 Å². The van der Waals surface area contributed by atoms with Gasteiger partial charge >= 0.3 is 5.97 Å². The van der Waals surface area contributed by atoms with Crippen molar-refractivity contribution >= 4 is 16.0 Å². The van der Waals surface area contributed by atoms with E-state index >= 15 is 0 Å². The third kappa shape index (κ3) is 5.81. The highest BCUT2D eigenvalue weighted by Gasteiger charge is 2.43. The molecule has 3 atom stereocenters. The molecule has 0 aromatic heterocycles. The zero-order valence-electron chi connectivity index (χ0n) is 19.4. The van der Waals surface area contributed by atoms with E-state index in [-0.39, 0.29) is 36.0 Å². The summed E-state index contributed by atoms with van der Waals surface area (Å²) in [4.78, 5) is 12.8. The number of hydrogen-bond acceptors (Lipinski definition) is 7. The van der Waals surface area contributed by atoms with Gasteiger partial charge in [0.2, 0.25) is 10.0 Å². The van der Waals surface area contributed by atoms with Crippen LogP contribution in [0.5, 0.6) is 5.75 Å². The van der Waals surface area contributed by atoms with Crippen molar-refractivity contribution in [1.29, 1.82) is 0 Å². The molecule has 1 aromatic rings. The maximum atomic E-state index is 13.6. The van der Waals surface area contributed by atoms with Crippen LogP contribution in [0.3, 0.4) is 0 Å². The van der Waals surface area contributed by atoms with Gasteiger partial charge in [-0.05, 0) is 71.1 Å². The molecule has 0 spiro atoms. The number of aryl methyl sites for hydroxylation is 1. The van der Waals surface area contributed by atoms with Crippen LogP contribution in [0.2, 0.25) is 0 Å². The van der Waals surface area contributed by atoms with Crippen molar-refractivity contribution in [2.24, 2.45) is 0 Å². The number of carbonyl (C=O) groups excluding carboxylic acids is 1. The molecule has 0 bridgehead atoms. The molecule has 3 rings (SSSR count). The van der Waals surface area contributed by atoms with Gasteiger partial charge in [-0.25, -0.2) is 8.42 Å². The van der Waals surface area contributed by atoms with Gasteiger partial charge in [0.1, 0.15) is 28.4 Å². The molecule has 2 fully saturated rings. The lowest BCUT2D eigenvalue weighted by atomic mass is 10.1. The Bertz CT molecular complexity index is 909. The molecule has 0 unspecified atom stereocenters. The lowest BCUT2D eigenvalue weighted by molar-refractivity contribution is -0.158. The molecule has 2 saturated heterocycles. The SMILES string of the molecule is Cc1ccc(S(=O)(=O)N2CCC[C@H]2C(=O)OC(C)(C)C)c(O[C@H]2CCO[C@H]2CCCO)c1. The van der Waals surface area contributed by atoms with Gasteiger partial charge in [-0.3, -0.25) is 4.79 Å². The van der Waals surface area contributed by atoms with E-state index in [0.29, 0.717) is 38.7 Å². The Morgan fingerprint density at radius 3 is 2.72 bits per heavy atom. The van der Waals surface area contributed by atoms with Crippen molar-refractivity contribution in [3.8, 4) is 5.75 Å². The number of aliphatic hydroxyl groups excluding tert-OH is 1. The number of carbonyl (C=O) groups is 1. The van der Waals surface area contributed by atoms with Gasteiger partial charge in [-0.2, -0.15) is 4.31 Å². The maximum absolute atomic E-state index is 13.6. The summed E-state index contributed by atoms with van der Waals surface area (Å²) < 4.78 is 45.9. The summed E-state index contributed by atoms with van der Waals surface area (Å²) >= 11 is 0. The molecule has 1 aromatic carbocycles. The molecule has 0 aliphatic carbocycles. The Morgan fingerprint density at radius 1 is 1.28 bits per heavy atom. The fourth-order valence-electron chi connectivity index (χ4n) is 4.17. The Balaban J connectivity index is 1.87. The van der Waals surface area contributed by atoms with E-state index < -0.39 is 27.6 Å². The number of sulfonamides is 1. The summed E-state index contributed by atoms with van der Waals surface area (Å²) in [6, 6.07) is 4.14. The first-order valence-electron chi connectivity index (χ1n) is 11.3. The minimum absolute atomic E-state index is 0.0476. The number of hydrogen-bond donors (Lipinski definition) is 1. The second-order valence-corrected chi connectivity index (χ2v) is 11.3. The highest BCUT2D eigenvalue weighted by molar-refractivity contribution is 7.89. The third-order valence-corrected chi connectivity index (χ3v) is 7.59. The summed E-state index contributed by atoms with van der Waals surface area (Å²) in [6.45, 7) is 8.02. The Labute approximate surface area is 190 Å². The van der Waals surface area contributed by atoms with Crippen molar-refractivity contribution < 1.29 is 32.5 Å². The topological polar surface area (TPSA) is 102 Å². The van der Waals surface area contributed by atoms with Crippen LogP contribution < -0.4 is 4.74 Å². The number of nitrogens with zero attached hydrogens (tertiary/aromatic N) is 1. The normalized spacial score (nSPS) is 24.6. The van der Waals surface area contributed by atoms with Crippen molar-refractivity contribution in [1.82, 2.24) is 4.31 Å². The van der Waals surface area contributed by atoms with E-state index in [1.807, 2.05) is 6.92 Å². The average Bonchev–Trinajstić information content (AvgIpc) is 3.35. The van der Waals surface area contributed by atoms with Crippen LogP contribution >= 0.6 is 0 Å². The molecule has 2 aliphatic rings. The first-order valence-corrected chi connectivity index (χ1v) is 12.7. The van der Waals surface area contributed by atoms with Crippen LogP contribution in [0.25, 0.3) is 0 Å². The molecule has 0 radical (unpaired) electrons. The molecule has 32 heavy (non-hydrogen) atoms. The Hall–Kier alpha value is -1.68. The standard InChI is InChI=1S/C23H35NO7S/c1-16-9-10-21(20(15-16)30-19-11-14-29-18(19)8-6-13-25)32(27,28)24-12-5-7-17(24)22(26)31-23(2,3)4/h9-10,15,17-19,25H,5-8,11-14H2,1-4H3/t17-,18-,19-/m0/s1. The lowest BCUT2D eigenvalue weighted by Gasteiger charge is -2.28. The van der Waals surface area contributed by atoms with Crippen LogP contribution in [-0.4, -0.2) is 67.4 Å². The summed E-state index contributed by atoms with van der Waals surface area (Å²) in [5.41, 5.74) is 0.175. The summed E-state index contributed by atoms with van der Waals surface area (Å²) in [7, 11) is -3.99. The second-order valence-electron chi connectivity index (χ2n) is 9.48. The van der Waals surface area contributed by atoms with Gasteiger partial charge < -0.3 is 19.3 Å². The van der Waals surface area contributed by atoms with Crippen molar-refractivity contribution in [2.45, 2.75) is 88.5 Å². The molecular weight excluding hydrogens is 434 g/mol. The van der Waals surface area contributed by atoms with Crippen molar-refractivity contribution in [3.05, 3.63) is 23.8 Å². The second kappa shape index (κ2) is 10.1. The van der Waals surface area contributed by atoms with Gasteiger partial charge in [0.15, 0.2) is 0 Å².